The van der Waals surface area contributed by atoms with E-state index in [-0.39, 0.29) is 5.56 Å². The van der Waals surface area contributed by atoms with Crippen molar-refractivity contribution in [2.45, 2.75) is 13.0 Å². The van der Waals surface area contributed by atoms with Gasteiger partial charge in [-0.1, -0.05) is 18.2 Å². The van der Waals surface area contributed by atoms with Crippen LogP contribution in [0.5, 0.6) is 5.75 Å². The lowest BCUT2D eigenvalue weighted by molar-refractivity contribution is -0.123. The van der Waals surface area contributed by atoms with Crippen molar-refractivity contribution >= 4 is 28.5 Å². The summed E-state index contributed by atoms with van der Waals surface area (Å²) < 4.78 is 10.3. The smallest absolute Gasteiger partial charge is 0.339 e. The molecule has 0 aliphatic rings. The summed E-state index contributed by atoms with van der Waals surface area (Å²) in [6.07, 6.45) is -1.04. The fourth-order valence-corrected chi connectivity index (χ4v) is 2.57. The van der Waals surface area contributed by atoms with Crippen molar-refractivity contribution in [2.75, 3.05) is 12.4 Å². The second-order valence-electron chi connectivity index (χ2n) is 5.86. The molecule has 0 radical (unpaired) electrons. The van der Waals surface area contributed by atoms with E-state index in [1.54, 1.807) is 55.6 Å². The molecule has 1 unspecified atom stereocenters. The first kappa shape index (κ1) is 18.2. The highest BCUT2D eigenvalue weighted by molar-refractivity contribution is 6.04. The number of carbonyl (C=O) groups is 2. The highest BCUT2D eigenvalue weighted by atomic mass is 16.5. The second-order valence-corrected chi connectivity index (χ2v) is 5.86. The summed E-state index contributed by atoms with van der Waals surface area (Å²) in [5, 5.41) is 3.20. The molecule has 0 fully saturated rings. The van der Waals surface area contributed by atoms with Gasteiger partial charge in [-0.25, -0.2) is 4.79 Å². The highest BCUT2D eigenvalue weighted by Crippen LogP contribution is 2.18. The maximum Gasteiger partial charge on any atom is 0.339 e. The molecule has 0 saturated heterocycles. The quantitative estimate of drug-likeness (QED) is 0.677. The predicted octanol–water partition coefficient (Wildman–Crippen LogP) is 2.72. The molecule has 0 spiro atoms. The Bertz CT molecular complexity index is 1040. The zero-order chi connectivity index (χ0) is 19.4. The molecule has 3 rings (SSSR count). The molecule has 1 amide bonds. The first-order valence-corrected chi connectivity index (χ1v) is 8.26. The molecule has 0 saturated carbocycles. The van der Waals surface area contributed by atoms with E-state index in [0.29, 0.717) is 22.3 Å². The number of methoxy groups -OCH3 is 1. The number of amides is 1. The van der Waals surface area contributed by atoms with Gasteiger partial charge in [-0.3, -0.25) is 9.59 Å². The molecule has 7 nitrogen and oxygen atoms in total. The standard InChI is InChI=1S/C20H18N2O5/c1-12(19(24)21-13-7-9-14(26-2)10-8-13)27-20(25)16-11-18(23)22-17-6-4-3-5-15(16)17/h3-12H,1-2H3,(H,21,24)(H,22,23). The van der Waals surface area contributed by atoms with Crippen LogP contribution in [0.1, 0.15) is 17.3 Å². The van der Waals surface area contributed by atoms with Crippen molar-refractivity contribution < 1.29 is 19.1 Å². The molecule has 1 atom stereocenters. The van der Waals surface area contributed by atoms with E-state index in [9.17, 15) is 14.4 Å². The maximum absolute atomic E-state index is 12.5. The van der Waals surface area contributed by atoms with Crippen molar-refractivity contribution in [3.8, 4) is 5.75 Å². The van der Waals surface area contributed by atoms with Gasteiger partial charge in [-0.15, -0.1) is 0 Å². The molecule has 0 bridgehead atoms. The van der Waals surface area contributed by atoms with Crippen molar-refractivity contribution in [1.82, 2.24) is 4.98 Å². The van der Waals surface area contributed by atoms with Crippen molar-refractivity contribution in [1.29, 1.82) is 0 Å². The second kappa shape index (κ2) is 7.74. The molecular formula is C20H18N2O5. The van der Waals surface area contributed by atoms with Gasteiger partial charge >= 0.3 is 5.97 Å². The van der Waals surface area contributed by atoms with Crippen molar-refractivity contribution in [3.63, 3.8) is 0 Å². The van der Waals surface area contributed by atoms with Gasteiger partial charge < -0.3 is 19.8 Å². The SMILES string of the molecule is COc1ccc(NC(=O)C(C)OC(=O)c2cc(=O)[nH]c3ccccc23)cc1. The number of ether oxygens (including phenoxy) is 2. The Labute approximate surface area is 154 Å². The first-order valence-electron chi connectivity index (χ1n) is 8.26. The summed E-state index contributed by atoms with van der Waals surface area (Å²) in [4.78, 5) is 39.2. The van der Waals surface area contributed by atoms with Crippen LogP contribution in [-0.2, 0) is 9.53 Å². The Balaban J connectivity index is 1.73. The van der Waals surface area contributed by atoms with Gasteiger partial charge in [0.05, 0.1) is 12.7 Å². The molecule has 2 aromatic carbocycles. The number of hydrogen-bond donors (Lipinski definition) is 2. The summed E-state index contributed by atoms with van der Waals surface area (Å²) in [7, 11) is 1.55. The topological polar surface area (TPSA) is 97.5 Å². The highest BCUT2D eigenvalue weighted by Gasteiger charge is 2.21. The number of anilines is 1. The van der Waals surface area contributed by atoms with Crippen LogP contribution in [0.4, 0.5) is 5.69 Å². The van der Waals surface area contributed by atoms with E-state index in [2.05, 4.69) is 10.3 Å². The summed E-state index contributed by atoms with van der Waals surface area (Å²) in [5.41, 5.74) is 0.757. The zero-order valence-corrected chi connectivity index (χ0v) is 14.8. The first-order chi connectivity index (χ1) is 13.0. The Hall–Kier alpha value is -3.61. The number of rotatable bonds is 5. The Kier molecular flexibility index (Phi) is 5.21. The monoisotopic (exact) mass is 366 g/mol. The Morgan fingerprint density at radius 3 is 2.48 bits per heavy atom. The third kappa shape index (κ3) is 4.14. The minimum atomic E-state index is -1.04. The van der Waals surface area contributed by atoms with Crippen molar-refractivity contribution in [2.24, 2.45) is 0 Å². The van der Waals surface area contributed by atoms with Crippen LogP contribution in [-0.4, -0.2) is 30.1 Å². The van der Waals surface area contributed by atoms with E-state index < -0.39 is 23.5 Å². The van der Waals surface area contributed by atoms with Crippen LogP contribution in [0, 0.1) is 0 Å². The molecular weight excluding hydrogens is 348 g/mol. The number of esters is 1. The van der Waals surface area contributed by atoms with Gasteiger partial charge in [0.15, 0.2) is 6.10 Å². The van der Waals surface area contributed by atoms with E-state index in [4.69, 9.17) is 9.47 Å². The van der Waals surface area contributed by atoms with Crippen LogP contribution in [0.3, 0.4) is 0 Å². The van der Waals surface area contributed by atoms with Crippen LogP contribution in [0.2, 0.25) is 0 Å². The molecule has 2 N–H and O–H groups in total. The van der Waals surface area contributed by atoms with Gasteiger partial charge in [-0.2, -0.15) is 0 Å². The number of H-pyrrole nitrogens is 1. The number of carbonyl (C=O) groups excluding carboxylic acids is 2. The minimum absolute atomic E-state index is 0.110. The largest absolute Gasteiger partial charge is 0.497 e. The average molecular weight is 366 g/mol. The molecule has 27 heavy (non-hydrogen) atoms. The Morgan fingerprint density at radius 1 is 1.07 bits per heavy atom. The van der Waals surface area contributed by atoms with E-state index >= 15 is 0 Å². The molecule has 7 heteroatoms. The van der Waals surface area contributed by atoms with Gasteiger partial charge in [-0.05, 0) is 37.3 Å². The average Bonchev–Trinajstić information content (AvgIpc) is 2.67. The summed E-state index contributed by atoms with van der Waals surface area (Å²) in [5.74, 6) is -0.564. The predicted molar refractivity (Wildman–Crippen MR) is 101 cm³/mol. The molecule has 3 aromatic rings. The van der Waals surface area contributed by atoms with E-state index in [0.717, 1.165) is 0 Å². The summed E-state index contributed by atoms with van der Waals surface area (Å²) in [6, 6.07) is 14.8. The lowest BCUT2D eigenvalue weighted by Crippen LogP contribution is -2.30. The van der Waals surface area contributed by atoms with Gasteiger partial charge in [0.1, 0.15) is 5.75 Å². The number of aromatic nitrogens is 1. The van der Waals surface area contributed by atoms with Gasteiger partial charge in [0.25, 0.3) is 5.91 Å². The third-order valence-electron chi connectivity index (χ3n) is 3.98. The zero-order valence-electron chi connectivity index (χ0n) is 14.8. The fraction of sp³-hybridized carbons (Fsp3) is 0.150. The number of nitrogens with one attached hydrogen (secondary N) is 2. The molecule has 138 valence electrons. The van der Waals surface area contributed by atoms with Gasteiger partial charge in [0.2, 0.25) is 5.56 Å². The third-order valence-corrected chi connectivity index (χ3v) is 3.98. The minimum Gasteiger partial charge on any atom is -0.497 e. The fourth-order valence-electron chi connectivity index (χ4n) is 2.57. The van der Waals surface area contributed by atoms with E-state index in [1.807, 2.05) is 0 Å². The van der Waals surface area contributed by atoms with Crippen LogP contribution < -0.4 is 15.6 Å². The molecule has 1 aromatic heterocycles. The van der Waals surface area contributed by atoms with Crippen molar-refractivity contribution in [3.05, 3.63) is 70.5 Å². The lowest BCUT2D eigenvalue weighted by Gasteiger charge is -2.14. The number of pyridine rings is 1. The molecule has 1 heterocycles. The number of aromatic amines is 1. The summed E-state index contributed by atoms with van der Waals surface area (Å²) >= 11 is 0. The lowest BCUT2D eigenvalue weighted by atomic mass is 10.1. The summed E-state index contributed by atoms with van der Waals surface area (Å²) in [6.45, 7) is 1.46. The number of para-hydroxylation sites is 1. The molecule has 0 aliphatic heterocycles. The van der Waals surface area contributed by atoms with Crippen LogP contribution >= 0.6 is 0 Å². The maximum atomic E-state index is 12.5. The molecule has 0 aliphatic carbocycles. The number of fused-ring (bicyclic) bond motifs is 1. The number of benzene rings is 2. The van der Waals surface area contributed by atoms with Crippen LogP contribution in [0.25, 0.3) is 10.9 Å². The number of hydrogen-bond acceptors (Lipinski definition) is 5. The van der Waals surface area contributed by atoms with Crippen LogP contribution in [0.15, 0.2) is 59.4 Å². The Morgan fingerprint density at radius 2 is 1.78 bits per heavy atom. The van der Waals surface area contributed by atoms with Gasteiger partial charge in [0, 0.05) is 22.7 Å². The normalized spacial score (nSPS) is 11.6. The van der Waals surface area contributed by atoms with E-state index in [1.165, 1.54) is 13.0 Å².